The van der Waals surface area contributed by atoms with E-state index >= 15 is 0 Å². The van der Waals surface area contributed by atoms with E-state index in [0.29, 0.717) is 43.5 Å². The Bertz CT molecular complexity index is 502. The van der Waals surface area contributed by atoms with Gasteiger partial charge in [-0.25, -0.2) is 0 Å². The van der Waals surface area contributed by atoms with Gasteiger partial charge in [-0.1, -0.05) is 6.92 Å². The van der Waals surface area contributed by atoms with Crippen LogP contribution in [0, 0.1) is 0 Å². The minimum atomic E-state index is -0.632. The molecule has 1 aliphatic heterocycles. The van der Waals surface area contributed by atoms with Crippen molar-refractivity contribution >= 4 is 11.8 Å². The Balaban J connectivity index is 2.03. The van der Waals surface area contributed by atoms with Crippen LogP contribution < -0.4 is 5.73 Å². The average molecular weight is 276 g/mol. The van der Waals surface area contributed by atoms with Crippen LogP contribution in [0.4, 0.5) is 0 Å². The minimum absolute atomic E-state index is 0.0702. The van der Waals surface area contributed by atoms with Crippen molar-refractivity contribution < 1.29 is 14.7 Å². The molecule has 108 valence electrons. The summed E-state index contributed by atoms with van der Waals surface area (Å²) in [6, 6.07) is 6.34. The smallest absolute Gasteiger partial charge is 0.253 e. The zero-order valence-electron chi connectivity index (χ0n) is 11.6. The lowest BCUT2D eigenvalue weighted by Gasteiger charge is -2.37. The molecule has 0 atom stereocenters. The van der Waals surface area contributed by atoms with E-state index in [1.807, 2.05) is 6.92 Å². The van der Waals surface area contributed by atoms with Gasteiger partial charge in [0.1, 0.15) is 0 Å². The monoisotopic (exact) mass is 276 g/mol. The van der Waals surface area contributed by atoms with Crippen molar-refractivity contribution in [1.29, 1.82) is 0 Å². The van der Waals surface area contributed by atoms with Crippen LogP contribution in [0.2, 0.25) is 0 Å². The molecule has 5 nitrogen and oxygen atoms in total. The number of rotatable bonds is 3. The highest BCUT2D eigenvalue weighted by molar-refractivity contribution is 5.97. The zero-order valence-corrected chi connectivity index (χ0v) is 11.6. The van der Waals surface area contributed by atoms with Gasteiger partial charge in [0.05, 0.1) is 5.60 Å². The molecule has 1 aliphatic rings. The summed E-state index contributed by atoms with van der Waals surface area (Å²) in [5.74, 6) is -0.575. The van der Waals surface area contributed by atoms with E-state index in [1.54, 1.807) is 29.2 Å². The summed E-state index contributed by atoms with van der Waals surface area (Å²) < 4.78 is 0. The Hall–Kier alpha value is -1.88. The summed E-state index contributed by atoms with van der Waals surface area (Å²) in [6.07, 6.45) is 1.92. The molecule has 1 fully saturated rings. The Morgan fingerprint density at radius 2 is 1.70 bits per heavy atom. The van der Waals surface area contributed by atoms with Crippen molar-refractivity contribution in [3.05, 3.63) is 35.4 Å². The molecule has 0 aromatic heterocycles. The average Bonchev–Trinajstić information content (AvgIpc) is 2.47. The quantitative estimate of drug-likeness (QED) is 0.869. The molecule has 2 rings (SSSR count). The summed E-state index contributed by atoms with van der Waals surface area (Å²) >= 11 is 0. The third kappa shape index (κ3) is 2.99. The number of aliphatic hydroxyl groups is 1. The second-order valence-corrected chi connectivity index (χ2v) is 5.31. The molecule has 3 N–H and O–H groups in total. The van der Waals surface area contributed by atoms with Crippen LogP contribution in [0.25, 0.3) is 0 Å². The van der Waals surface area contributed by atoms with Crippen LogP contribution in [-0.4, -0.2) is 40.5 Å². The van der Waals surface area contributed by atoms with Gasteiger partial charge in [-0.05, 0) is 43.5 Å². The van der Waals surface area contributed by atoms with E-state index < -0.39 is 11.5 Å². The molecule has 0 aliphatic carbocycles. The fourth-order valence-corrected chi connectivity index (χ4v) is 2.44. The van der Waals surface area contributed by atoms with Gasteiger partial charge in [-0.15, -0.1) is 0 Å². The first-order valence-electron chi connectivity index (χ1n) is 6.87. The highest BCUT2D eigenvalue weighted by Gasteiger charge is 2.32. The van der Waals surface area contributed by atoms with Crippen molar-refractivity contribution in [1.82, 2.24) is 4.90 Å². The molecule has 1 aromatic rings. The lowest BCUT2D eigenvalue weighted by atomic mass is 9.89. The molecule has 20 heavy (non-hydrogen) atoms. The molecular weight excluding hydrogens is 256 g/mol. The SMILES string of the molecule is CCC1(O)CCN(C(=O)c2ccc(C(N)=O)cc2)CC1. The summed E-state index contributed by atoms with van der Waals surface area (Å²) in [4.78, 5) is 25.0. The predicted molar refractivity (Wildman–Crippen MR) is 75.3 cm³/mol. The lowest BCUT2D eigenvalue weighted by molar-refractivity contribution is -0.0193. The standard InChI is InChI=1S/C15H20N2O3/c1-2-15(20)7-9-17(10-8-15)14(19)12-5-3-11(4-6-12)13(16)18/h3-6,20H,2,7-10H2,1H3,(H2,16,18). The van der Waals surface area contributed by atoms with Gasteiger partial charge in [0.15, 0.2) is 0 Å². The van der Waals surface area contributed by atoms with Gasteiger partial charge in [0.2, 0.25) is 5.91 Å². The molecule has 1 heterocycles. The minimum Gasteiger partial charge on any atom is -0.390 e. The second-order valence-electron chi connectivity index (χ2n) is 5.31. The second kappa shape index (κ2) is 5.63. The number of likely N-dealkylation sites (tertiary alicyclic amines) is 1. The Labute approximate surface area is 118 Å². The predicted octanol–water partition coefficient (Wildman–Crippen LogP) is 1.16. The molecule has 0 spiro atoms. The highest BCUT2D eigenvalue weighted by atomic mass is 16.3. The van der Waals surface area contributed by atoms with Crippen molar-refractivity contribution in [2.24, 2.45) is 5.73 Å². The van der Waals surface area contributed by atoms with Gasteiger partial charge in [-0.3, -0.25) is 9.59 Å². The van der Waals surface area contributed by atoms with Crippen LogP contribution in [0.15, 0.2) is 24.3 Å². The molecular formula is C15H20N2O3. The number of nitrogens with two attached hydrogens (primary N) is 1. The molecule has 0 radical (unpaired) electrons. The fraction of sp³-hybridized carbons (Fsp3) is 0.467. The topological polar surface area (TPSA) is 83.6 Å². The first-order chi connectivity index (χ1) is 9.45. The highest BCUT2D eigenvalue weighted by Crippen LogP contribution is 2.26. The summed E-state index contributed by atoms with van der Waals surface area (Å²) in [5.41, 5.74) is 5.46. The number of benzene rings is 1. The third-order valence-electron chi connectivity index (χ3n) is 4.06. The maximum Gasteiger partial charge on any atom is 0.253 e. The van der Waals surface area contributed by atoms with E-state index in [2.05, 4.69) is 0 Å². The van der Waals surface area contributed by atoms with Crippen molar-refractivity contribution in [2.75, 3.05) is 13.1 Å². The molecule has 1 saturated heterocycles. The molecule has 0 unspecified atom stereocenters. The maximum absolute atomic E-state index is 12.3. The third-order valence-corrected chi connectivity index (χ3v) is 4.06. The van der Waals surface area contributed by atoms with E-state index in [-0.39, 0.29) is 5.91 Å². The number of piperidine rings is 1. The van der Waals surface area contributed by atoms with Crippen LogP contribution in [-0.2, 0) is 0 Å². The Morgan fingerprint density at radius 3 is 2.15 bits per heavy atom. The number of carbonyl (C=O) groups is 2. The molecule has 1 aromatic carbocycles. The van der Waals surface area contributed by atoms with Gasteiger partial charge in [0.25, 0.3) is 5.91 Å². The van der Waals surface area contributed by atoms with Crippen LogP contribution >= 0.6 is 0 Å². The van der Waals surface area contributed by atoms with Crippen molar-refractivity contribution in [3.8, 4) is 0 Å². The Kier molecular flexibility index (Phi) is 4.09. The van der Waals surface area contributed by atoms with Crippen LogP contribution in [0.5, 0.6) is 0 Å². The molecule has 0 bridgehead atoms. The fourth-order valence-electron chi connectivity index (χ4n) is 2.44. The largest absolute Gasteiger partial charge is 0.390 e. The summed E-state index contributed by atoms with van der Waals surface area (Å²) in [6.45, 7) is 3.07. The molecule has 2 amide bonds. The number of hydrogen-bond donors (Lipinski definition) is 2. The summed E-state index contributed by atoms with van der Waals surface area (Å²) in [7, 11) is 0. The number of amides is 2. The number of hydrogen-bond acceptors (Lipinski definition) is 3. The Morgan fingerprint density at radius 1 is 1.20 bits per heavy atom. The number of carbonyl (C=O) groups excluding carboxylic acids is 2. The van der Waals surface area contributed by atoms with E-state index in [4.69, 9.17) is 5.73 Å². The normalized spacial score (nSPS) is 17.8. The maximum atomic E-state index is 12.3. The first-order valence-corrected chi connectivity index (χ1v) is 6.87. The number of primary amides is 1. The van der Waals surface area contributed by atoms with Gasteiger partial charge >= 0.3 is 0 Å². The van der Waals surface area contributed by atoms with E-state index in [1.165, 1.54) is 0 Å². The van der Waals surface area contributed by atoms with Gasteiger partial charge < -0.3 is 15.7 Å². The van der Waals surface area contributed by atoms with Crippen molar-refractivity contribution in [3.63, 3.8) is 0 Å². The van der Waals surface area contributed by atoms with E-state index in [9.17, 15) is 14.7 Å². The summed E-state index contributed by atoms with van der Waals surface area (Å²) in [5, 5.41) is 10.2. The van der Waals surface area contributed by atoms with Crippen molar-refractivity contribution in [2.45, 2.75) is 31.8 Å². The zero-order chi connectivity index (χ0) is 14.8. The molecule has 0 saturated carbocycles. The first kappa shape index (κ1) is 14.5. The van der Waals surface area contributed by atoms with Crippen LogP contribution in [0.1, 0.15) is 46.9 Å². The number of nitrogens with zero attached hydrogens (tertiary/aromatic N) is 1. The van der Waals surface area contributed by atoms with Crippen LogP contribution in [0.3, 0.4) is 0 Å². The molecule has 5 heteroatoms. The van der Waals surface area contributed by atoms with Gasteiger partial charge in [-0.2, -0.15) is 0 Å². The lowest BCUT2D eigenvalue weighted by Crippen LogP contribution is -2.46. The van der Waals surface area contributed by atoms with Gasteiger partial charge in [0, 0.05) is 24.2 Å². The van der Waals surface area contributed by atoms with E-state index in [0.717, 1.165) is 0 Å².